The lowest BCUT2D eigenvalue weighted by Gasteiger charge is -2.42. The average molecular weight is 559 g/mol. The van der Waals surface area contributed by atoms with Crippen molar-refractivity contribution < 1.29 is 32.3 Å². The Morgan fingerprint density at radius 2 is 1.92 bits per heavy atom. The molecule has 13 heteroatoms. The fraction of sp³-hybridized carbons (Fsp3) is 0.458. The van der Waals surface area contributed by atoms with Gasteiger partial charge in [0.1, 0.15) is 12.6 Å². The molecule has 2 aromatic rings. The van der Waals surface area contributed by atoms with Crippen molar-refractivity contribution in [2.45, 2.75) is 37.5 Å². The first-order valence-corrected chi connectivity index (χ1v) is 13.0. The van der Waals surface area contributed by atoms with Gasteiger partial charge in [0.2, 0.25) is 5.91 Å². The molecule has 1 atom stereocenters. The molecule has 8 nitrogen and oxygen atoms in total. The predicted molar refractivity (Wildman–Crippen MR) is 134 cm³/mol. The van der Waals surface area contributed by atoms with E-state index in [1.54, 1.807) is 35.2 Å². The van der Waals surface area contributed by atoms with Crippen LogP contribution in [0, 0.1) is 0 Å². The Morgan fingerprint density at radius 1 is 1.19 bits per heavy atom. The van der Waals surface area contributed by atoms with Gasteiger partial charge in [-0.05, 0) is 49.2 Å². The van der Waals surface area contributed by atoms with Gasteiger partial charge in [-0.2, -0.15) is 13.2 Å². The maximum absolute atomic E-state index is 13.5. The van der Waals surface area contributed by atoms with Gasteiger partial charge in [-0.1, -0.05) is 18.0 Å². The zero-order chi connectivity index (χ0) is 26.6. The molecule has 2 heterocycles. The highest BCUT2D eigenvalue weighted by Gasteiger charge is 2.42. The van der Waals surface area contributed by atoms with Gasteiger partial charge in [-0.3, -0.25) is 19.3 Å². The minimum absolute atomic E-state index is 0.0141. The normalized spacial score (nSPS) is 17.4. The molecular formula is C24H26ClF3N4O4S. The Labute approximate surface area is 220 Å². The number of halogens is 4. The first-order valence-electron chi connectivity index (χ1n) is 11.8. The van der Waals surface area contributed by atoms with E-state index in [9.17, 15) is 27.6 Å². The molecule has 2 N–H and O–H groups in total. The third-order valence-corrected chi connectivity index (χ3v) is 7.52. The molecule has 1 aliphatic heterocycles. The van der Waals surface area contributed by atoms with E-state index in [0.717, 1.165) is 22.7 Å². The number of hydrogen-bond acceptors (Lipinski definition) is 6. The van der Waals surface area contributed by atoms with Gasteiger partial charge in [-0.25, -0.2) is 0 Å². The number of rotatable bonds is 9. The van der Waals surface area contributed by atoms with Crippen LogP contribution in [0.3, 0.4) is 0 Å². The van der Waals surface area contributed by atoms with Crippen molar-refractivity contribution in [1.29, 1.82) is 0 Å². The Morgan fingerprint density at radius 3 is 2.49 bits per heavy atom. The molecule has 2 aliphatic rings. The maximum Gasteiger partial charge on any atom is 0.401 e. The Balaban J connectivity index is 1.50. The van der Waals surface area contributed by atoms with E-state index in [1.807, 2.05) is 0 Å². The number of nitrogens with zero attached hydrogens (tertiary/aromatic N) is 2. The standard InChI is InChI=1S/C24H26ClF3N4O4S/c25-20-9-8-19(37-20)23(35)29-12-18(32(14-24(26,27)28)16-2-1-3-16)22(34)30-15-4-6-17(7-5-15)31-10-11-36-13-21(31)33/h4-9,16,18H,1-3,10-14H2,(H,29,35)(H,30,34)/t18-/m0/s1. The number of hydrogen-bond donors (Lipinski definition) is 2. The molecule has 200 valence electrons. The first-order chi connectivity index (χ1) is 17.6. The summed E-state index contributed by atoms with van der Waals surface area (Å²) in [4.78, 5) is 40.9. The van der Waals surface area contributed by atoms with Crippen molar-refractivity contribution in [3.05, 3.63) is 45.6 Å². The predicted octanol–water partition coefficient (Wildman–Crippen LogP) is 3.92. The molecule has 4 rings (SSSR count). The molecule has 0 bridgehead atoms. The van der Waals surface area contributed by atoms with Crippen LogP contribution in [0.5, 0.6) is 0 Å². The SMILES string of the molecule is O=C(NC[C@@H](C(=O)Nc1ccc(N2CCOCC2=O)cc1)N(CC(F)(F)F)C1CCC1)c1ccc(Cl)s1. The van der Waals surface area contributed by atoms with Crippen LogP contribution < -0.4 is 15.5 Å². The lowest BCUT2D eigenvalue weighted by Crippen LogP contribution is -2.58. The fourth-order valence-corrected chi connectivity index (χ4v) is 5.19. The van der Waals surface area contributed by atoms with Gasteiger partial charge < -0.3 is 20.3 Å². The molecule has 0 radical (unpaired) electrons. The Hall–Kier alpha value is -2.67. The fourth-order valence-electron chi connectivity index (χ4n) is 4.23. The number of carbonyl (C=O) groups is 3. The van der Waals surface area contributed by atoms with E-state index < -0.39 is 36.6 Å². The number of amides is 3. The zero-order valence-corrected chi connectivity index (χ0v) is 21.3. The Bertz CT molecular complexity index is 1120. The average Bonchev–Trinajstić information content (AvgIpc) is 3.24. The van der Waals surface area contributed by atoms with E-state index in [0.29, 0.717) is 46.6 Å². The van der Waals surface area contributed by atoms with E-state index in [-0.39, 0.29) is 19.1 Å². The highest BCUT2D eigenvalue weighted by Crippen LogP contribution is 2.31. The number of nitrogens with one attached hydrogen (secondary N) is 2. The largest absolute Gasteiger partial charge is 0.401 e. The smallest absolute Gasteiger partial charge is 0.370 e. The van der Waals surface area contributed by atoms with Crippen LogP contribution in [0.15, 0.2) is 36.4 Å². The highest BCUT2D eigenvalue weighted by molar-refractivity contribution is 7.18. The van der Waals surface area contributed by atoms with Crippen LogP contribution in [0.25, 0.3) is 0 Å². The molecule has 0 spiro atoms. The molecule has 2 fully saturated rings. The highest BCUT2D eigenvalue weighted by atomic mass is 35.5. The first kappa shape index (κ1) is 27.4. The van der Waals surface area contributed by atoms with Crippen LogP contribution in [0.1, 0.15) is 28.9 Å². The van der Waals surface area contributed by atoms with E-state index in [4.69, 9.17) is 16.3 Å². The molecular weight excluding hydrogens is 533 g/mol. The van der Waals surface area contributed by atoms with Crippen LogP contribution in [0.2, 0.25) is 4.34 Å². The summed E-state index contributed by atoms with van der Waals surface area (Å²) in [6.45, 7) is -0.789. The number of thiophene rings is 1. The number of carbonyl (C=O) groups excluding carboxylic acids is 3. The minimum Gasteiger partial charge on any atom is -0.370 e. The van der Waals surface area contributed by atoms with Gasteiger partial charge in [0, 0.05) is 30.5 Å². The lowest BCUT2D eigenvalue weighted by molar-refractivity contribution is -0.163. The van der Waals surface area contributed by atoms with Crippen LogP contribution in [-0.2, 0) is 14.3 Å². The molecule has 1 saturated carbocycles. The van der Waals surface area contributed by atoms with Crippen molar-refractivity contribution in [3.8, 4) is 0 Å². The molecule has 37 heavy (non-hydrogen) atoms. The van der Waals surface area contributed by atoms with Gasteiger partial charge in [-0.15, -0.1) is 11.3 Å². The van der Waals surface area contributed by atoms with Crippen molar-refractivity contribution in [1.82, 2.24) is 10.2 Å². The van der Waals surface area contributed by atoms with Crippen LogP contribution in [0.4, 0.5) is 24.5 Å². The van der Waals surface area contributed by atoms with E-state index in [1.165, 1.54) is 6.07 Å². The summed E-state index contributed by atoms with van der Waals surface area (Å²) in [5.41, 5.74) is 0.981. The van der Waals surface area contributed by atoms with Crippen molar-refractivity contribution in [2.75, 3.05) is 43.1 Å². The maximum atomic E-state index is 13.5. The molecule has 0 unspecified atom stereocenters. The summed E-state index contributed by atoms with van der Waals surface area (Å²) in [5.74, 6) is -1.38. The molecule has 1 aromatic heterocycles. The topological polar surface area (TPSA) is 91.0 Å². The summed E-state index contributed by atoms with van der Waals surface area (Å²) in [6.07, 6.45) is -2.67. The van der Waals surface area contributed by atoms with Gasteiger partial charge in [0.05, 0.1) is 22.4 Å². The summed E-state index contributed by atoms with van der Waals surface area (Å²) in [6, 6.07) is 7.84. The number of ether oxygens (including phenoxy) is 1. The summed E-state index contributed by atoms with van der Waals surface area (Å²) < 4.78 is 46.0. The minimum atomic E-state index is -4.52. The summed E-state index contributed by atoms with van der Waals surface area (Å²) in [5, 5.41) is 5.27. The molecule has 1 aromatic carbocycles. The molecule has 3 amide bonds. The second-order valence-corrected chi connectivity index (χ2v) is 10.6. The Kier molecular flexibility index (Phi) is 8.73. The summed E-state index contributed by atoms with van der Waals surface area (Å²) in [7, 11) is 0. The van der Waals surface area contributed by atoms with Crippen LogP contribution in [-0.4, -0.2) is 73.7 Å². The van der Waals surface area contributed by atoms with Crippen molar-refractivity contribution in [3.63, 3.8) is 0 Å². The second kappa shape index (κ2) is 11.8. The van der Waals surface area contributed by atoms with Crippen molar-refractivity contribution >= 4 is 52.0 Å². The summed E-state index contributed by atoms with van der Waals surface area (Å²) >= 11 is 6.92. The third-order valence-electron chi connectivity index (χ3n) is 6.29. The molecule has 1 saturated heterocycles. The second-order valence-electron chi connectivity index (χ2n) is 8.84. The number of alkyl halides is 3. The zero-order valence-electron chi connectivity index (χ0n) is 19.7. The van der Waals surface area contributed by atoms with Gasteiger partial charge >= 0.3 is 6.18 Å². The monoisotopic (exact) mass is 558 g/mol. The van der Waals surface area contributed by atoms with E-state index >= 15 is 0 Å². The number of morpholine rings is 1. The van der Waals surface area contributed by atoms with Gasteiger partial charge in [0.15, 0.2) is 0 Å². The van der Waals surface area contributed by atoms with E-state index in [2.05, 4.69) is 10.6 Å². The van der Waals surface area contributed by atoms with Crippen molar-refractivity contribution in [2.24, 2.45) is 0 Å². The lowest BCUT2D eigenvalue weighted by atomic mass is 9.90. The van der Waals surface area contributed by atoms with Crippen LogP contribution >= 0.6 is 22.9 Å². The quantitative estimate of drug-likeness (QED) is 0.487. The van der Waals surface area contributed by atoms with Gasteiger partial charge in [0.25, 0.3) is 11.8 Å². The number of anilines is 2. The third kappa shape index (κ3) is 7.22. The number of benzene rings is 1. The molecule has 1 aliphatic carbocycles.